The lowest BCUT2D eigenvalue weighted by atomic mass is 10.0. The molecule has 19 heavy (non-hydrogen) atoms. The van der Waals surface area contributed by atoms with Crippen LogP contribution in [-0.2, 0) is 0 Å². The van der Waals surface area contributed by atoms with E-state index in [2.05, 4.69) is 0 Å². The molecule has 0 radical (unpaired) electrons. The smallest absolute Gasteiger partial charge is 0.260 e. The van der Waals surface area contributed by atoms with Crippen LogP contribution in [-0.4, -0.2) is 35.1 Å². The first-order valence-electron chi connectivity index (χ1n) is 6.42. The number of hydrogen-bond donors (Lipinski definition) is 1. The van der Waals surface area contributed by atoms with Crippen molar-refractivity contribution in [1.82, 2.24) is 4.90 Å². The molecule has 0 spiro atoms. The summed E-state index contributed by atoms with van der Waals surface area (Å²) in [5.41, 5.74) is -0.275. The molecule has 1 fully saturated rings. The van der Waals surface area contributed by atoms with Gasteiger partial charge in [-0.25, -0.2) is 8.78 Å². The molecular weight excluding hydrogens is 252 g/mol. The van der Waals surface area contributed by atoms with E-state index in [1.807, 2.05) is 0 Å². The number of aryl methyl sites for hydroxylation is 1. The molecule has 5 heteroatoms. The van der Waals surface area contributed by atoms with E-state index in [4.69, 9.17) is 0 Å². The molecule has 3 nitrogen and oxygen atoms in total. The number of rotatable bonds is 2. The highest BCUT2D eigenvalue weighted by Gasteiger charge is 2.30. The van der Waals surface area contributed by atoms with Crippen molar-refractivity contribution in [1.29, 1.82) is 0 Å². The zero-order valence-electron chi connectivity index (χ0n) is 10.8. The zero-order chi connectivity index (χ0) is 14.0. The Kier molecular flexibility index (Phi) is 4.14. The summed E-state index contributed by atoms with van der Waals surface area (Å²) >= 11 is 0. The zero-order valence-corrected chi connectivity index (χ0v) is 10.8. The second-order valence-corrected chi connectivity index (χ2v) is 4.88. The number of halogens is 2. The molecule has 1 heterocycles. The lowest BCUT2D eigenvalue weighted by Crippen LogP contribution is -2.46. The number of amides is 1. The SMILES string of the molecule is Cc1ccc(F)c(C(=O)N2CCCCC2CO)c1F. The van der Waals surface area contributed by atoms with Gasteiger partial charge in [0.1, 0.15) is 17.2 Å². The van der Waals surface area contributed by atoms with Crippen molar-refractivity contribution in [3.8, 4) is 0 Å². The Hall–Kier alpha value is -1.49. The van der Waals surface area contributed by atoms with Crippen molar-refractivity contribution in [2.45, 2.75) is 32.2 Å². The topological polar surface area (TPSA) is 40.5 Å². The van der Waals surface area contributed by atoms with E-state index in [-0.39, 0.29) is 18.2 Å². The number of likely N-dealkylation sites (tertiary alicyclic amines) is 1. The van der Waals surface area contributed by atoms with Crippen molar-refractivity contribution < 1.29 is 18.7 Å². The van der Waals surface area contributed by atoms with Gasteiger partial charge in [0, 0.05) is 6.54 Å². The Morgan fingerprint density at radius 3 is 2.84 bits per heavy atom. The monoisotopic (exact) mass is 269 g/mol. The number of carbonyl (C=O) groups excluding carboxylic acids is 1. The van der Waals surface area contributed by atoms with Crippen molar-refractivity contribution in [2.24, 2.45) is 0 Å². The van der Waals surface area contributed by atoms with Gasteiger partial charge in [0.15, 0.2) is 0 Å². The molecule has 0 aromatic heterocycles. The number of piperidine rings is 1. The third-order valence-corrected chi connectivity index (χ3v) is 3.60. The molecule has 1 aliphatic heterocycles. The lowest BCUT2D eigenvalue weighted by Gasteiger charge is -2.34. The Labute approximate surface area is 110 Å². The molecule has 0 saturated carbocycles. The molecule has 1 aromatic rings. The molecule has 0 bridgehead atoms. The fraction of sp³-hybridized carbons (Fsp3) is 0.500. The maximum Gasteiger partial charge on any atom is 0.260 e. The molecule has 0 aliphatic carbocycles. The van der Waals surface area contributed by atoms with Gasteiger partial charge in [-0.1, -0.05) is 6.07 Å². The van der Waals surface area contributed by atoms with Gasteiger partial charge in [-0.3, -0.25) is 4.79 Å². The molecular formula is C14H17F2NO2. The van der Waals surface area contributed by atoms with E-state index in [9.17, 15) is 18.7 Å². The van der Waals surface area contributed by atoms with Crippen LogP contribution < -0.4 is 0 Å². The third-order valence-electron chi connectivity index (χ3n) is 3.60. The van der Waals surface area contributed by atoms with Crippen LogP contribution in [0.1, 0.15) is 35.2 Å². The van der Waals surface area contributed by atoms with E-state index >= 15 is 0 Å². The number of hydrogen-bond acceptors (Lipinski definition) is 2. The van der Waals surface area contributed by atoms with Gasteiger partial charge in [-0.05, 0) is 37.8 Å². The van der Waals surface area contributed by atoms with Crippen LogP contribution in [0.3, 0.4) is 0 Å². The average Bonchev–Trinajstić information content (AvgIpc) is 2.43. The molecule has 1 N–H and O–H groups in total. The van der Waals surface area contributed by atoms with E-state index in [0.29, 0.717) is 13.0 Å². The van der Waals surface area contributed by atoms with Gasteiger partial charge < -0.3 is 10.0 Å². The quantitative estimate of drug-likeness (QED) is 0.894. The van der Waals surface area contributed by atoms with Crippen LogP contribution in [0.25, 0.3) is 0 Å². The van der Waals surface area contributed by atoms with Crippen LogP contribution in [0.15, 0.2) is 12.1 Å². The van der Waals surface area contributed by atoms with Crippen LogP contribution in [0.4, 0.5) is 8.78 Å². The molecule has 1 aromatic carbocycles. The first-order chi connectivity index (χ1) is 9.06. The van der Waals surface area contributed by atoms with Crippen molar-refractivity contribution >= 4 is 5.91 Å². The Morgan fingerprint density at radius 2 is 2.16 bits per heavy atom. The van der Waals surface area contributed by atoms with Gasteiger partial charge in [-0.2, -0.15) is 0 Å². The standard InChI is InChI=1S/C14H17F2NO2/c1-9-5-6-11(15)12(13(9)16)14(19)17-7-3-2-4-10(17)8-18/h5-6,10,18H,2-4,7-8H2,1H3. The highest BCUT2D eigenvalue weighted by Crippen LogP contribution is 2.23. The lowest BCUT2D eigenvalue weighted by molar-refractivity contribution is 0.0493. The van der Waals surface area contributed by atoms with Crippen LogP contribution in [0.5, 0.6) is 0 Å². The van der Waals surface area contributed by atoms with Gasteiger partial charge in [0.2, 0.25) is 0 Å². The summed E-state index contributed by atoms with van der Waals surface area (Å²) in [6.45, 7) is 1.74. The van der Waals surface area contributed by atoms with Crippen LogP contribution >= 0.6 is 0 Å². The summed E-state index contributed by atoms with van der Waals surface area (Å²) in [7, 11) is 0. The normalized spacial score (nSPS) is 19.6. The Morgan fingerprint density at radius 1 is 1.42 bits per heavy atom. The summed E-state index contributed by atoms with van der Waals surface area (Å²) in [5.74, 6) is -2.33. The van der Waals surface area contributed by atoms with Crippen molar-refractivity contribution in [2.75, 3.05) is 13.2 Å². The maximum atomic E-state index is 13.9. The molecule has 1 saturated heterocycles. The van der Waals surface area contributed by atoms with E-state index in [0.717, 1.165) is 18.9 Å². The predicted molar refractivity (Wildman–Crippen MR) is 66.9 cm³/mol. The molecule has 104 valence electrons. The van der Waals surface area contributed by atoms with Gasteiger partial charge >= 0.3 is 0 Å². The van der Waals surface area contributed by atoms with Crippen LogP contribution in [0.2, 0.25) is 0 Å². The maximum absolute atomic E-state index is 13.9. The minimum atomic E-state index is -0.852. The summed E-state index contributed by atoms with van der Waals surface area (Å²) in [4.78, 5) is 13.7. The van der Waals surface area contributed by atoms with Crippen molar-refractivity contribution in [3.63, 3.8) is 0 Å². The first-order valence-corrected chi connectivity index (χ1v) is 6.42. The summed E-state index contributed by atoms with van der Waals surface area (Å²) < 4.78 is 27.7. The first kappa shape index (κ1) is 13.9. The van der Waals surface area contributed by atoms with E-state index < -0.39 is 23.1 Å². The largest absolute Gasteiger partial charge is 0.394 e. The summed E-state index contributed by atoms with van der Waals surface area (Å²) in [6.07, 6.45) is 2.36. The number of nitrogens with zero attached hydrogens (tertiary/aromatic N) is 1. The average molecular weight is 269 g/mol. The summed E-state index contributed by atoms with van der Waals surface area (Å²) in [5, 5.41) is 9.27. The fourth-order valence-electron chi connectivity index (χ4n) is 2.45. The molecule has 1 amide bonds. The molecule has 1 atom stereocenters. The number of benzene rings is 1. The highest BCUT2D eigenvalue weighted by molar-refractivity contribution is 5.95. The molecule has 1 aliphatic rings. The number of aliphatic hydroxyl groups excluding tert-OH is 1. The minimum absolute atomic E-state index is 0.180. The second-order valence-electron chi connectivity index (χ2n) is 4.88. The fourth-order valence-corrected chi connectivity index (χ4v) is 2.45. The van der Waals surface area contributed by atoms with E-state index in [1.54, 1.807) is 0 Å². The van der Waals surface area contributed by atoms with Gasteiger partial charge in [0.05, 0.1) is 12.6 Å². The van der Waals surface area contributed by atoms with Gasteiger partial charge in [0.25, 0.3) is 5.91 Å². The second kappa shape index (κ2) is 5.65. The van der Waals surface area contributed by atoms with Gasteiger partial charge in [-0.15, -0.1) is 0 Å². The number of carbonyl (C=O) groups is 1. The molecule has 2 rings (SSSR count). The minimum Gasteiger partial charge on any atom is -0.394 e. The predicted octanol–water partition coefficient (Wildman–Crippen LogP) is 2.26. The third kappa shape index (κ3) is 2.61. The van der Waals surface area contributed by atoms with Crippen molar-refractivity contribution in [3.05, 3.63) is 34.9 Å². The highest BCUT2D eigenvalue weighted by atomic mass is 19.1. The Balaban J connectivity index is 2.36. The molecule has 1 unspecified atom stereocenters. The van der Waals surface area contributed by atoms with Crippen LogP contribution in [0, 0.1) is 18.6 Å². The summed E-state index contributed by atoms with van der Waals surface area (Å²) in [6, 6.07) is 2.06. The Bertz CT molecular complexity index is 491. The van der Waals surface area contributed by atoms with E-state index in [1.165, 1.54) is 17.9 Å². The number of aliphatic hydroxyl groups is 1.